The van der Waals surface area contributed by atoms with Gasteiger partial charge in [0, 0.05) is 12.6 Å². The molecule has 0 aromatic carbocycles. The van der Waals surface area contributed by atoms with Crippen molar-refractivity contribution in [1.82, 2.24) is 10.6 Å². The number of carbonyl (C=O) groups is 1. The lowest BCUT2D eigenvalue weighted by atomic mass is 10.0. The van der Waals surface area contributed by atoms with Crippen LogP contribution in [0.25, 0.3) is 0 Å². The van der Waals surface area contributed by atoms with E-state index in [-0.39, 0.29) is 12.0 Å². The monoisotopic (exact) mass is 226 g/mol. The van der Waals surface area contributed by atoms with Crippen molar-refractivity contribution in [3.8, 4) is 0 Å². The maximum atomic E-state index is 11.8. The van der Waals surface area contributed by atoms with Crippen molar-refractivity contribution in [2.24, 2.45) is 0 Å². The van der Waals surface area contributed by atoms with Crippen LogP contribution < -0.4 is 10.6 Å². The number of amides is 1. The van der Waals surface area contributed by atoms with E-state index in [0.717, 1.165) is 45.4 Å². The third-order valence-corrected chi connectivity index (χ3v) is 3.39. The van der Waals surface area contributed by atoms with E-state index < -0.39 is 0 Å². The van der Waals surface area contributed by atoms with Crippen LogP contribution in [0.2, 0.25) is 0 Å². The van der Waals surface area contributed by atoms with Crippen LogP contribution >= 0.6 is 0 Å². The summed E-state index contributed by atoms with van der Waals surface area (Å²) in [7, 11) is 0. The second-order valence-electron chi connectivity index (χ2n) is 4.78. The fourth-order valence-electron chi connectivity index (χ4n) is 2.43. The van der Waals surface area contributed by atoms with E-state index in [4.69, 9.17) is 4.74 Å². The Bertz CT molecular complexity index is 199. The summed E-state index contributed by atoms with van der Waals surface area (Å²) in [5, 5.41) is 6.40. The lowest BCUT2D eigenvalue weighted by Gasteiger charge is -2.26. The Labute approximate surface area is 97.1 Å². The number of nitrogens with one attached hydrogen (secondary N) is 2. The minimum absolute atomic E-state index is 0.162. The van der Waals surface area contributed by atoms with Gasteiger partial charge >= 0.3 is 0 Å². The largest absolute Gasteiger partial charge is 0.378 e. The Morgan fingerprint density at radius 3 is 2.75 bits per heavy atom. The van der Waals surface area contributed by atoms with Gasteiger partial charge in [0.25, 0.3) is 0 Å². The van der Waals surface area contributed by atoms with Crippen LogP contribution in [-0.2, 0) is 9.53 Å². The molecule has 2 saturated heterocycles. The zero-order chi connectivity index (χ0) is 11.2. The van der Waals surface area contributed by atoms with Gasteiger partial charge in [-0.1, -0.05) is 0 Å². The molecule has 0 aliphatic carbocycles. The van der Waals surface area contributed by atoms with Crippen LogP contribution in [-0.4, -0.2) is 37.7 Å². The van der Waals surface area contributed by atoms with Crippen molar-refractivity contribution in [2.75, 3.05) is 19.7 Å². The molecule has 2 N–H and O–H groups in total. The molecule has 0 radical (unpaired) electrons. The first-order valence-electron chi connectivity index (χ1n) is 6.46. The molecular weight excluding hydrogens is 204 g/mol. The minimum Gasteiger partial charge on any atom is -0.378 e. The van der Waals surface area contributed by atoms with Crippen LogP contribution in [0.5, 0.6) is 0 Å². The van der Waals surface area contributed by atoms with Crippen molar-refractivity contribution >= 4 is 5.91 Å². The average Bonchev–Trinajstić information content (AvgIpc) is 2.31. The molecule has 0 spiro atoms. The van der Waals surface area contributed by atoms with E-state index in [9.17, 15) is 4.79 Å². The normalized spacial score (nSPS) is 27.6. The van der Waals surface area contributed by atoms with E-state index in [1.165, 1.54) is 6.42 Å². The fraction of sp³-hybridized carbons (Fsp3) is 0.917. The number of carbonyl (C=O) groups excluding carboxylic acids is 1. The molecule has 92 valence electrons. The van der Waals surface area contributed by atoms with E-state index in [2.05, 4.69) is 10.6 Å². The molecule has 2 aliphatic rings. The minimum atomic E-state index is 0.162. The van der Waals surface area contributed by atoms with Gasteiger partial charge in [-0.2, -0.15) is 0 Å². The van der Waals surface area contributed by atoms with Gasteiger partial charge in [-0.3, -0.25) is 4.79 Å². The van der Waals surface area contributed by atoms with Gasteiger partial charge in [-0.25, -0.2) is 0 Å². The Morgan fingerprint density at radius 1 is 1.25 bits per heavy atom. The van der Waals surface area contributed by atoms with Crippen molar-refractivity contribution < 1.29 is 9.53 Å². The number of hydrogen-bond acceptors (Lipinski definition) is 3. The van der Waals surface area contributed by atoms with Crippen LogP contribution in [0.1, 0.15) is 38.5 Å². The molecule has 4 heteroatoms. The molecule has 0 bridgehead atoms. The van der Waals surface area contributed by atoms with Gasteiger partial charge in [0.2, 0.25) is 5.91 Å². The highest BCUT2D eigenvalue weighted by Gasteiger charge is 2.20. The fourth-order valence-corrected chi connectivity index (χ4v) is 2.43. The predicted octanol–water partition coefficient (Wildman–Crippen LogP) is 0.814. The van der Waals surface area contributed by atoms with Gasteiger partial charge in [0.05, 0.1) is 12.5 Å². The zero-order valence-electron chi connectivity index (χ0n) is 9.84. The highest BCUT2D eigenvalue weighted by atomic mass is 16.5. The Morgan fingerprint density at radius 2 is 2.06 bits per heavy atom. The Hall–Kier alpha value is -0.610. The number of hydrogen-bond donors (Lipinski definition) is 2. The van der Waals surface area contributed by atoms with Gasteiger partial charge in [-0.15, -0.1) is 0 Å². The van der Waals surface area contributed by atoms with Crippen LogP contribution in [0, 0.1) is 0 Å². The third kappa shape index (κ3) is 3.76. The standard InChI is InChI=1S/C12H22N2O2/c15-12(9-11-3-1-2-8-16-11)14-10-4-6-13-7-5-10/h10-11,13H,1-9H2,(H,14,15). The molecule has 16 heavy (non-hydrogen) atoms. The Balaban J connectivity index is 1.66. The average molecular weight is 226 g/mol. The summed E-state index contributed by atoms with van der Waals surface area (Å²) in [5.41, 5.74) is 0. The number of piperidine rings is 1. The predicted molar refractivity (Wildman–Crippen MR) is 62.2 cm³/mol. The first kappa shape index (κ1) is 11.9. The lowest BCUT2D eigenvalue weighted by Crippen LogP contribution is -2.43. The van der Waals surface area contributed by atoms with Crippen molar-refractivity contribution in [3.63, 3.8) is 0 Å². The molecule has 0 aromatic heterocycles. The second-order valence-corrected chi connectivity index (χ2v) is 4.78. The maximum Gasteiger partial charge on any atom is 0.222 e. The summed E-state index contributed by atoms with van der Waals surface area (Å²) in [6, 6.07) is 0.373. The van der Waals surface area contributed by atoms with Crippen LogP contribution in [0.4, 0.5) is 0 Å². The molecule has 2 heterocycles. The molecule has 4 nitrogen and oxygen atoms in total. The molecular formula is C12H22N2O2. The van der Waals surface area contributed by atoms with Crippen molar-refractivity contribution in [1.29, 1.82) is 0 Å². The van der Waals surface area contributed by atoms with Crippen LogP contribution in [0.15, 0.2) is 0 Å². The summed E-state index contributed by atoms with van der Waals surface area (Å²) < 4.78 is 5.56. The van der Waals surface area contributed by atoms with Gasteiger partial charge in [-0.05, 0) is 45.2 Å². The van der Waals surface area contributed by atoms with E-state index >= 15 is 0 Å². The molecule has 0 saturated carbocycles. The molecule has 1 atom stereocenters. The van der Waals surface area contributed by atoms with E-state index in [1.54, 1.807) is 0 Å². The summed E-state index contributed by atoms with van der Waals surface area (Å²) in [5.74, 6) is 0.166. The first-order chi connectivity index (χ1) is 7.84. The molecule has 2 fully saturated rings. The summed E-state index contributed by atoms with van der Waals surface area (Å²) in [6.45, 7) is 2.86. The highest BCUT2D eigenvalue weighted by Crippen LogP contribution is 2.15. The summed E-state index contributed by atoms with van der Waals surface area (Å²) >= 11 is 0. The van der Waals surface area contributed by atoms with Gasteiger partial charge < -0.3 is 15.4 Å². The number of ether oxygens (including phenoxy) is 1. The lowest BCUT2D eigenvalue weighted by molar-refractivity contribution is -0.125. The van der Waals surface area contributed by atoms with Crippen molar-refractivity contribution in [3.05, 3.63) is 0 Å². The third-order valence-electron chi connectivity index (χ3n) is 3.39. The zero-order valence-corrected chi connectivity index (χ0v) is 9.84. The molecule has 1 amide bonds. The molecule has 0 aromatic rings. The quantitative estimate of drug-likeness (QED) is 0.749. The second kappa shape index (κ2) is 6.21. The highest BCUT2D eigenvalue weighted by molar-refractivity contribution is 5.76. The number of rotatable bonds is 3. The Kier molecular flexibility index (Phi) is 4.60. The van der Waals surface area contributed by atoms with Gasteiger partial charge in [0.15, 0.2) is 0 Å². The van der Waals surface area contributed by atoms with Gasteiger partial charge in [0.1, 0.15) is 0 Å². The maximum absolute atomic E-state index is 11.8. The molecule has 2 aliphatic heterocycles. The van der Waals surface area contributed by atoms with Crippen LogP contribution in [0.3, 0.4) is 0 Å². The smallest absolute Gasteiger partial charge is 0.222 e. The SMILES string of the molecule is O=C(CC1CCCCO1)NC1CCNCC1. The topological polar surface area (TPSA) is 50.4 Å². The molecule has 2 rings (SSSR count). The first-order valence-corrected chi connectivity index (χ1v) is 6.46. The van der Waals surface area contributed by atoms with E-state index in [0.29, 0.717) is 12.5 Å². The molecule has 1 unspecified atom stereocenters. The van der Waals surface area contributed by atoms with Crippen molar-refractivity contribution in [2.45, 2.75) is 50.7 Å². The summed E-state index contributed by atoms with van der Waals surface area (Å²) in [4.78, 5) is 11.8. The van der Waals surface area contributed by atoms with E-state index in [1.807, 2.05) is 0 Å². The summed E-state index contributed by atoms with van der Waals surface area (Å²) in [6.07, 6.45) is 6.20.